The Bertz CT molecular complexity index is 1920. The van der Waals surface area contributed by atoms with Crippen LogP contribution in [0.15, 0.2) is 114 Å². The molecule has 0 atom stereocenters. The highest BCUT2D eigenvalue weighted by Crippen LogP contribution is 2.41. The number of hydrogen-bond donors (Lipinski definition) is 2. The van der Waals surface area contributed by atoms with Crippen molar-refractivity contribution in [2.75, 3.05) is 0 Å². The predicted octanol–water partition coefficient (Wildman–Crippen LogP) is 6.52. The van der Waals surface area contributed by atoms with Gasteiger partial charge in [0.05, 0.1) is 5.56 Å². The number of rotatable bonds is 6. The lowest BCUT2D eigenvalue weighted by Gasteiger charge is -2.13. The summed E-state index contributed by atoms with van der Waals surface area (Å²) < 4.78 is 31.2. The average Bonchev–Trinajstić information content (AvgIpc) is 3.31. The Morgan fingerprint density at radius 3 is 2.18 bits per heavy atom. The lowest BCUT2D eigenvalue weighted by Crippen LogP contribution is -2.09. The first-order valence-corrected chi connectivity index (χ1v) is 13.1. The fraction of sp³-hybridized carbons (Fsp3) is 0. The van der Waals surface area contributed by atoms with Crippen LogP contribution in [0.5, 0.6) is 5.75 Å². The number of hydrogen-bond acceptors (Lipinski definition) is 5. The molecule has 2 N–H and O–H groups in total. The molecular weight excluding hydrogens is 500 g/mol. The van der Waals surface area contributed by atoms with Gasteiger partial charge in [0.2, 0.25) is 0 Å². The molecule has 0 amide bonds. The van der Waals surface area contributed by atoms with Gasteiger partial charge < -0.3 is 14.3 Å². The number of aromatic amines is 1. The molecule has 0 spiro atoms. The molecule has 7 nitrogen and oxygen atoms in total. The molecule has 0 aliphatic rings. The van der Waals surface area contributed by atoms with Crippen LogP contribution in [0.25, 0.3) is 44.2 Å². The first kappa shape index (κ1) is 23.4. The first-order valence-electron chi connectivity index (χ1n) is 11.7. The van der Waals surface area contributed by atoms with Crippen molar-refractivity contribution in [3.8, 4) is 28.0 Å². The Labute approximate surface area is 218 Å². The maximum absolute atomic E-state index is 12.9. The number of H-pyrrole nitrogens is 1. The highest BCUT2D eigenvalue weighted by atomic mass is 32.2. The SMILES string of the molecule is O=C(O)c1ccc(-c2cnc3[nH]c4ccc(OS(=O)(=O)c5ccccc5)cc4c3c2-c2ccccc2)cc1. The summed E-state index contributed by atoms with van der Waals surface area (Å²) in [7, 11) is -4.02. The minimum atomic E-state index is -4.02. The van der Waals surface area contributed by atoms with Gasteiger partial charge in [-0.15, -0.1) is 0 Å². The van der Waals surface area contributed by atoms with Crippen LogP contribution in [0.3, 0.4) is 0 Å². The number of aromatic nitrogens is 2. The number of aromatic carboxylic acids is 1. The van der Waals surface area contributed by atoms with E-state index in [0.717, 1.165) is 38.5 Å². The minimum absolute atomic E-state index is 0.0674. The molecule has 0 fully saturated rings. The second-order valence-electron chi connectivity index (χ2n) is 8.70. The number of pyridine rings is 1. The lowest BCUT2D eigenvalue weighted by atomic mass is 9.92. The number of fused-ring (bicyclic) bond motifs is 3. The zero-order valence-electron chi connectivity index (χ0n) is 19.8. The van der Waals surface area contributed by atoms with E-state index in [-0.39, 0.29) is 16.2 Å². The van der Waals surface area contributed by atoms with Crippen LogP contribution >= 0.6 is 0 Å². The predicted molar refractivity (Wildman–Crippen MR) is 146 cm³/mol. The van der Waals surface area contributed by atoms with Gasteiger partial charge in [-0.1, -0.05) is 60.7 Å². The number of nitrogens with one attached hydrogen (secondary N) is 1. The summed E-state index contributed by atoms with van der Waals surface area (Å²) in [6.45, 7) is 0. The standard InChI is InChI=1S/C30H20N2O5S/c33-30(34)21-13-11-19(12-14-21)25-18-31-29-28(27(25)20-7-3-1-4-8-20)24-17-22(15-16-26(24)32-29)37-38(35,36)23-9-5-2-6-10-23/h1-18H,(H,31,32)(H,33,34). The number of benzene rings is 4. The van der Waals surface area contributed by atoms with Crippen molar-refractivity contribution in [2.24, 2.45) is 0 Å². The summed E-state index contributed by atoms with van der Waals surface area (Å²) in [4.78, 5) is 19.4. The molecule has 0 bridgehead atoms. The van der Waals surface area contributed by atoms with Crippen LogP contribution in [-0.4, -0.2) is 29.5 Å². The van der Waals surface area contributed by atoms with Crippen LogP contribution in [0.4, 0.5) is 0 Å². The van der Waals surface area contributed by atoms with Gasteiger partial charge in [0.1, 0.15) is 16.3 Å². The second kappa shape index (κ2) is 9.17. The van der Waals surface area contributed by atoms with Gasteiger partial charge in [-0.3, -0.25) is 0 Å². The molecule has 0 saturated carbocycles. The van der Waals surface area contributed by atoms with Crippen molar-refractivity contribution in [1.29, 1.82) is 0 Å². The van der Waals surface area contributed by atoms with Crippen LogP contribution < -0.4 is 4.18 Å². The van der Waals surface area contributed by atoms with Crippen molar-refractivity contribution < 1.29 is 22.5 Å². The summed E-state index contributed by atoms with van der Waals surface area (Å²) >= 11 is 0. The number of carboxylic acid groups (broad SMARTS) is 1. The molecule has 0 radical (unpaired) electrons. The fourth-order valence-corrected chi connectivity index (χ4v) is 5.51. The fourth-order valence-electron chi connectivity index (χ4n) is 4.56. The Hall–Kier alpha value is -4.95. The Kier molecular flexibility index (Phi) is 5.66. The van der Waals surface area contributed by atoms with E-state index < -0.39 is 16.1 Å². The molecule has 0 unspecified atom stereocenters. The number of carboxylic acids is 1. The molecule has 0 aliphatic heterocycles. The van der Waals surface area contributed by atoms with E-state index in [1.165, 1.54) is 12.1 Å². The highest BCUT2D eigenvalue weighted by Gasteiger charge is 2.20. The smallest absolute Gasteiger partial charge is 0.339 e. The van der Waals surface area contributed by atoms with E-state index >= 15 is 0 Å². The third-order valence-electron chi connectivity index (χ3n) is 6.34. The molecule has 2 heterocycles. The molecule has 4 aromatic carbocycles. The molecule has 38 heavy (non-hydrogen) atoms. The molecule has 0 saturated heterocycles. The topological polar surface area (TPSA) is 109 Å². The molecule has 6 aromatic rings. The van der Waals surface area contributed by atoms with Crippen molar-refractivity contribution in [3.05, 3.63) is 115 Å². The summed E-state index contributed by atoms with van der Waals surface area (Å²) in [5.41, 5.74) is 5.02. The van der Waals surface area contributed by atoms with E-state index in [2.05, 4.69) is 9.97 Å². The normalized spacial score (nSPS) is 11.6. The molecule has 2 aromatic heterocycles. The second-order valence-corrected chi connectivity index (χ2v) is 10.2. The first-order chi connectivity index (χ1) is 18.4. The maximum Gasteiger partial charge on any atom is 0.339 e. The summed E-state index contributed by atoms with van der Waals surface area (Å²) in [5.74, 6) is -0.819. The van der Waals surface area contributed by atoms with Gasteiger partial charge >= 0.3 is 16.1 Å². The lowest BCUT2D eigenvalue weighted by molar-refractivity contribution is 0.0697. The molecule has 0 aliphatic carbocycles. The average molecular weight is 521 g/mol. The van der Waals surface area contributed by atoms with Gasteiger partial charge in [-0.2, -0.15) is 8.42 Å². The number of carbonyl (C=O) groups is 1. The van der Waals surface area contributed by atoms with Gasteiger partial charge in [-0.25, -0.2) is 9.78 Å². The van der Waals surface area contributed by atoms with E-state index in [0.29, 0.717) is 5.65 Å². The molecule has 8 heteroatoms. The Balaban J connectivity index is 1.57. The van der Waals surface area contributed by atoms with Crippen molar-refractivity contribution in [1.82, 2.24) is 9.97 Å². The van der Waals surface area contributed by atoms with Crippen molar-refractivity contribution in [3.63, 3.8) is 0 Å². The largest absolute Gasteiger partial charge is 0.478 e. The van der Waals surface area contributed by atoms with Crippen molar-refractivity contribution >= 4 is 38.0 Å². The van der Waals surface area contributed by atoms with Gasteiger partial charge in [0.25, 0.3) is 0 Å². The van der Waals surface area contributed by atoms with Crippen LogP contribution in [0.1, 0.15) is 10.4 Å². The van der Waals surface area contributed by atoms with E-state index in [9.17, 15) is 18.3 Å². The van der Waals surface area contributed by atoms with Crippen LogP contribution in [0.2, 0.25) is 0 Å². The molecule has 6 rings (SSSR count). The summed E-state index contributed by atoms with van der Waals surface area (Å²) in [5, 5.41) is 10.9. The van der Waals surface area contributed by atoms with Gasteiger partial charge in [0, 0.05) is 33.6 Å². The van der Waals surface area contributed by atoms with E-state index in [1.54, 1.807) is 66.9 Å². The van der Waals surface area contributed by atoms with Crippen LogP contribution in [-0.2, 0) is 10.1 Å². The quantitative estimate of drug-likeness (QED) is 0.242. The molecule has 186 valence electrons. The highest BCUT2D eigenvalue weighted by molar-refractivity contribution is 7.87. The Morgan fingerprint density at radius 1 is 0.816 bits per heavy atom. The van der Waals surface area contributed by atoms with Crippen molar-refractivity contribution in [2.45, 2.75) is 4.90 Å². The zero-order chi connectivity index (χ0) is 26.3. The summed E-state index contributed by atoms with van der Waals surface area (Å²) in [6, 6.07) is 29.5. The van der Waals surface area contributed by atoms with Gasteiger partial charge in [-0.05, 0) is 53.6 Å². The zero-order valence-corrected chi connectivity index (χ0v) is 20.6. The maximum atomic E-state index is 12.9. The number of nitrogens with zero attached hydrogens (tertiary/aromatic N) is 1. The van der Waals surface area contributed by atoms with E-state index in [1.807, 2.05) is 30.3 Å². The summed E-state index contributed by atoms with van der Waals surface area (Å²) in [6.07, 6.45) is 1.76. The third-order valence-corrected chi connectivity index (χ3v) is 7.60. The van der Waals surface area contributed by atoms with E-state index in [4.69, 9.17) is 4.18 Å². The minimum Gasteiger partial charge on any atom is -0.478 e. The third kappa shape index (κ3) is 4.16. The Morgan fingerprint density at radius 2 is 1.50 bits per heavy atom. The van der Waals surface area contributed by atoms with Crippen LogP contribution in [0, 0.1) is 0 Å². The monoisotopic (exact) mass is 520 g/mol. The van der Waals surface area contributed by atoms with Gasteiger partial charge in [0.15, 0.2) is 0 Å². The molecular formula is C30H20N2O5S.